The lowest BCUT2D eigenvalue weighted by atomic mass is 10.0. The fourth-order valence-corrected chi connectivity index (χ4v) is 1.48. The molecule has 1 aliphatic heterocycles. The monoisotopic (exact) mass is 152 g/mol. The molecule has 0 saturated carbocycles. The Bertz CT molecular complexity index is 265. The van der Waals surface area contributed by atoms with E-state index in [1.165, 1.54) is 6.42 Å². The highest BCUT2D eigenvalue weighted by Crippen LogP contribution is 2.17. The van der Waals surface area contributed by atoms with Gasteiger partial charge in [0.05, 0.1) is 0 Å². The van der Waals surface area contributed by atoms with Crippen LogP contribution in [0.1, 0.15) is 19.2 Å². The van der Waals surface area contributed by atoms with Gasteiger partial charge in [0.2, 0.25) is 5.95 Å². The van der Waals surface area contributed by atoms with Crippen LogP contribution in [0, 0.1) is 5.92 Å². The molecule has 2 heterocycles. The number of fused-ring (bicyclic) bond motifs is 1. The Morgan fingerprint density at radius 3 is 3.27 bits per heavy atom. The van der Waals surface area contributed by atoms with Crippen molar-refractivity contribution < 1.29 is 0 Å². The first-order valence-electron chi connectivity index (χ1n) is 3.95. The van der Waals surface area contributed by atoms with E-state index in [0.29, 0.717) is 5.95 Å². The molecule has 0 aromatic carbocycles. The first-order valence-corrected chi connectivity index (χ1v) is 3.95. The Morgan fingerprint density at radius 2 is 2.45 bits per heavy atom. The van der Waals surface area contributed by atoms with Crippen LogP contribution in [0.4, 0.5) is 5.95 Å². The van der Waals surface area contributed by atoms with Crippen molar-refractivity contribution in [3.05, 3.63) is 5.82 Å². The van der Waals surface area contributed by atoms with Gasteiger partial charge in [-0.25, -0.2) is 4.68 Å². The van der Waals surface area contributed by atoms with Crippen LogP contribution in [-0.4, -0.2) is 14.8 Å². The fourth-order valence-electron chi connectivity index (χ4n) is 1.48. The Hall–Kier alpha value is -1.06. The van der Waals surface area contributed by atoms with Crippen LogP contribution < -0.4 is 5.73 Å². The molecule has 0 bridgehead atoms. The van der Waals surface area contributed by atoms with Crippen molar-refractivity contribution in [3.8, 4) is 0 Å². The average molecular weight is 152 g/mol. The van der Waals surface area contributed by atoms with Gasteiger partial charge in [0, 0.05) is 13.0 Å². The zero-order valence-corrected chi connectivity index (χ0v) is 6.62. The molecule has 11 heavy (non-hydrogen) atoms. The number of nitrogens with zero attached hydrogens (tertiary/aromatic N) is 3. The average Bonchev–Trinajstić information content (AvgIpc) is 2.27. The van der Waals surface area contributed by atoms with Crippen LogP contribution in [0.25, 0.3) is 0 Å². The molecule has 1 unspecified atom stereocenters. The quantitative estimate of drug-likeness (QED) is 0.587. The van der Waals surface area contributed by atoms with E-state index in [1.807, 2.05) is 4.68 Å². The molecular weight excluding hydrogens is 140 g/mol. The molecule has 1 aromatic heterocycles. The van der Waals surface area contributed by atoms with E-state index in [0.717, 1.165) is 24.7 Å². The van der Waals surface area contributed by atoms with Gasteiger partial charge >= 0.3 is 0 Å². The van der Waals surface area contributed by atoms with Crippen molar-refractivity contribution in [2.45, 2.75) is 26.3 Å². The highest BCUT2D eigenvalue weighted by Gasteiger charge is 2.17. The second kappa shape index (κ2) is 2.22. The summed E-state index contributed by atoms with van der Waals surface area (Å²) in [7, 11) is 0. The van der Waals surface area contributed by atoms with Crippen molar-refractivity contribution in [2.24, 2.45) is 5.92 Å². The van der Waals surface area contributed by atoms with Crippen LogP contribution in [-0.2, 0) is 13.0 Å². The lowest BCUT2D eigenvalue weighted by Gasteiger charge is -2.17. The van der Waals surface area contributed by atoms with Crippen molar-refractivity contribution in [1.29, 1.82) is 0 Å². The van der Waals surface area contributed by atoms with Crippen LogP contribution in [0.2, 0.25) is 0 Å². The van der Waals surface area contributed by atoms with Crippen molar-refractivity contribution in [1.82, 2.24) is 14.8 Å². The Kier molecular flexibility index (Phi) is 1.34. The maximum atomic E-state index is 5.46. The number of nitrogens with two attached hydrogens (primary N) is 1. The molecule has 2 N–H and O–H groups in total. The highest BCUT2D eigenvalue weighted by atomic mass is 15.4. The summed E-state index contributed by atoms with van der Waals surface area (Å²) in [5.74, 6) is 2.18. The summed E-state index contributed by atoms with van der Waals surface area (Å²) in [4.78, 5) is 4.13. The van der Waals surface area contributed by atoms with Crippen LogP contribution >= 0.6 is 0 Å². The van der Waals surface area contributed by atoms with Gasteiger partial charge in [-0.1, -0.05) is 6.92 Å². The Labute approximate surface area is 65.4 Å². The molecule has 1 aromatic rings. The lowest BCUT2D eigenvalue weighted by molar-refractivity contribution is 0.386. The van der Waals surface area contributed by atoms with Crippen LogP contribution in [0.3, 0.4) is 0 Å². The molecule has 0 fully saturated rings. The molecule has 4 heteroatoms. The molecule has 1 atom stereocenters. The molecule has 0 radical (unpaired) electrons. The Morgan fingerprint density at radius 1 is 1.64 bits per heavy atom. The topological polar surface area (TPSA) is 56.7 Å². The predicted molar refractivity (Wildman–Crippen MR) is 41.9 cm³/mol. The summed E-state index contributed by atoms with van der Waals surface area (Å²) >= 11 is 0. The van der Waals surface area contributed by atoms with Crippen molar-refractivity contribution >= 4 is 5.95 Å². The maximum absolute atomic E-state index is 5.46. The maximum Gasteiger partial charge on any atom is 0.239 e. The van der Waals surface area contributed by atoms with Crippen LogP contribution in [0.15, 0.2) is 0 Å². The predicted octanol–water partition coefficient (Wildman–Crippen LogP) is 0.443. The standard InChI is InChI=1S/C7H12N4/c1-5-2-3-11-6(4-5)9-7(8)10-11/h5H,2-4H2,1H3,(H2,8,10). The third-order valence-electron chi connectivity index (χ3n) is 2.13. The van der Waals surface area contributed by atoms with Gasteiger partial charge < -0.3 is 5.73 Å². The number of hydrogen-bond donors (Lipinski definition) is 1. The molecule has 0 spiro atoms. The lowest BCUT2D eigenvalue weighted by Crippen LogP contribution is -2.18. The fraction of sp³-hybridized carbons (Fsp3) is 0.714. The molecule has 0 amide bonds. The van der Waals surface area contributed by atoms with E-state index in [1.54, 1.807) is 0 Å². The van der Waals surface area contributed by atoms with Gasteiger partial charge in [-0.05, 0) is 12.3 Å². The number of aromatic nitrogens is 3. The molecule has 0 saturated heterocycles. The summed E-state index contributed by atoms with van der Waals surface area (Å²) in [6.07, 6.45) is 2.21. The van der Waals surface area contributed by atoms with Gasteiger partial charge in [-0.2, -0.15) is 4.98 Å². The Balaban J connectivity index is 2.34. The summed E-state index contributed by atoms with van der Waals surface area (Å²) in [6.45, 7) is 3.20. The number of anilines is 1. The second-order valence-corrected chi connectivity index (χ2v) is 3.21. The van der Waals surface area contributed by atoms with E-state index >= 15 is 0 Å². The summed E-state index contributed by atoms with van der Waals surface area (Å²) in [5.41, 5.74) is 5.46. The first-order chi connectivity index (χ1) is 5.25. The minimum absolute atomic E-state index is 0.411. The van der Waals surface area contributed by atoms with Gasteiger partial charge in [0.1, 0.15) is 5.82 Å². The van der Waals surface area contributed by atoms with Crippen LogP contribution in [0.5, 0.6) is 0 Å². The SMILES string of the molecule is CC1CCn2nc(N)nc2C1. The molecule has 4 nitrogen and oxygen atoms in total. The van der Waals surface area contributed by atoms with Gasteiger partial charge in [-0.3, -0.25) is 0 Å². The number of hydrogen-bond acceptors (Lipinski definition) is 3. The first kappa shape index (κ1) is 6.64. The van der Waals surface area contributed by atoms with Crippen molar-refractivity contribution in [2.75, 3.05) is 5.73 Å². The second-order valence-electron chi connectivity index (χ2n) is 3.21. The third kappa shape index (κ3) is 1.08. The molecule has 1 aliphatic rings. The summed E-state index contributed by atoms with van der Waals surface area (Å²) in [6, 6.07) is 0. The minimum Gasteiger partial charge on any atom is -0.366 e. The molecular formula is C7H12N4. The van der Waals surface area contributed by atoms with Gasteiger partial charge in [-0.15, -0.1) is 5.10 Å². The number of aryl methyl sites for hydroxylation is 1. The molecule has 0 aliphatic carbocycles. The molecule has 60 valence electrons. The highest BCUT2D eigenvalue weighted by molar-refractivity contribution is 5.14. The zero-order valence-electron chi connectivity index (χ0n) is 6.62. The van der Waals surface area contributed by atoms with Crippen molar-refractivity contribution in [3.63, 3.8) is 0 Å². The number of rotatable bonds is 0. The smallest absolute Gasteiger partial charge is 0.239 e. The molecule has 2 rings (SSSR count). The summed E-state index contributed by atoms with van der Waals surface area (Å²) < 4.78 is 1.91. The summed E-state index contributed by atoms with van der Waals surface area (Å²) in [5, 5.41) is 4.07. The normalized spacial score (nSPS) is 23.2. The largest absolute Gasteiger partial charge is 0.366 e. The van der Waals surface area contributed by atoms with E-state index < -0.39 is 0 Å². The minimum atomic E-state index is 0.411. The van der Waals surface area contributed by atoms with E-state index in [9.17, 15) is 0 Å². The third-order valence-corrected chi connectivity index (χ3v) is 2.13. The number of nitrogen functional groups attached to an aromatic ring is 1. The van der Waals surface area contributed by atoms with E-state index in [4.69, 9.17) is 5.73 Å². The van der Waals surface area contributed by atoms with E-state index in [-0.39, 0.29) is 0 Å². The van der Waals surface area contributed by atoms with E-state index in [2.05, 4.69) is 17.0 Å². The van der Waals surface area contributed by atoms with Gasteiger partial charge in [0.15, 0.2) is 0 Å². The zero-order chi connectivity index (χ0) is 7.84. The van der Waals surface area contributed by atoms with Gasteiger partial charge in [0.25, 0.3) is 0 Å².